The van der Waals surface area contributed by atoms with Gasteiger partial charge in [-0.05, 0) is 36.6 Å². The monoisotopic (exact) mass is 463 g/mol. The van der Waals surface area contributed by atoms with Gasteiger partial charge in [-0.25, -0.2) is 5.26 Å². The van der Waals surface area contributed by atoms with Crippen LogP contribution in [0.1, 0.15) is 34.8 Å². The summed E-state index contributed by atoms with van der Waals surface area (Å²) in [5, 5.41) is 14.1. The highest BCUT2D eigenvalue weighted by Gasteiger charge is 2.21. The Morgan fingerprint density at radius 2 is 2.24 bits per heavy atom. The Hall–Kier alpha value is -2.90. The first-order valence-corrected chi connectivity index (χ1v) is 9.62. The van der Waals surface area contributed by atoms with Crippen LogP contribution in [0.2, 0.25) is 0 Å². The molecule has 1 aromatic heterocycles. The molecule has 1 fully saturated rings. The number of hydrogen-bond acceptors (Lipinski definition) is 7. The Kier molecular flexibility index (Phi) is 8.18. The number of nitrogens with one attached hydrogen (secondary N) is 1. The predicted molar refractivity (Wildman–Crippen MR) is 110 cm³/mol. The summed E-state index contributed by atoms with van der Waals surface area (Å²) in [7, 11) is 1.35. The Morgan fingerprint density at radius 1 is 1.48 bits per heavy atom. The topological polar surface area (TPSA) is 132 Å². The first kappa shape index (κ1) is 22.4. The molecule has 2 aromatic rings. The van der Waals surface area contributed by atoms with E-state index in [0.29, 0.717) is 23.7 Å². The van der Waals surface area contributed by atoms with Crippen molar-refractivity contribution in [2.24, 2.45) is 5.73 Å². The second kappa shape index (κ2) is 10.6. The van der Waals surface area contributed by atoms with E-state index in [9.17, 15) is 9.59 Å². The van der Waals surface area contributed by atoms with Crippen molar-refractivity contribution in [2.75, 3.05) is 25.6 Å². The van der Waals surface area contributed by atoms with E-state index in [1.165, 1.54) is 7.11 Å². The molecule has 2 heterocycles. The third kappa shape index (κ3) is 5.79. The highest BCUT2D eigenvalue weighted by atomic mass is 79.9. The number of ether oxygens (including phenoxy) is 2. The molecule has 1 aliphatic heterocycles. The van der Waals surface area contributed by atoms with Gasteiger partial charge in [-0.2, -0.15) is 5.10 Å². The van der Waals surface area contributed by atoms with Crippen LogP contribution in [0, 0.1) is 11.8 Å². The molecule has 1 saturated heterocycles. The molecule has 1 atom stereocenters. The number of nitrogens with two attached hydrogens (primary N) is 1. The average Bonchev–Trinajstić information content (AvgIpc) is 3.16. The number of esters is 1. The fourth-order valence-corrected chi connectivity index (χ4v) is 3.32. The quantitative estimate of drug-likeness (QED) is 0.628. The van der Waals surface area contributed by atoms with Gasteiger partial charge >= 0.3 is 5.97 Å². The van der Waals surface area contributed by atoms with E-state index in [2.05, 4.69) is 32.9 Å². The molecule has 10 heteroatoms. The zero-order valence-electron chi connectivity index (χ0n) is 15.9. The summed E-state index contributed by atoms with van der Waals surface area (Å²) in [6.07, 6.45) is 3.66. The summed E-state index contributed by atoms with van der Waals surface area (Å²) in [5.74, 6) is -0.529. The normalized spacial score (nSPS) is 15.7. The molecule has 0 radical (unpaired) electrons. The van der Waals surface area contributed by atoms with Crippen LogP contribution >= 0.6 is 15.9 Å². The van der Waals surface area contributed by atoms with Crippen molar-refractivity contribution in [3.05, 3.63) is 40.0 Å². The SMILES string of the molecule is C#N.COC(=O)Cc1cc(Nc2nn(C3CCCOC3)cc2C(N)=O)ccc1Br. The number of carbonyl (C=O) groups is 2. The molecule has 0 bridgehead atoms. The number of nitrogens with zero attached hydrogens (tertiary/aromatic N) is 3. The summed E-state index contributed by atoms with van der Waals surface area (Å²) >= 11 is 3.42. The molecule has 3 N–H and O–H groups in total. The van der Waals surface area contributed by atoms with E-state index >= 15 is 0 Å². The number of amides is 1. The van der Waals surface area contributed by atoms with Gasteiger partial charge < -0.3 is 20.5 Å². The van der Waals surface area contributed by atoms with Crippen molar-refractivity contribution in [3.63, 3.8) is 0 Å². The van der Waals surface area contributed by atoms with Gasteiger partial charge in [0.05, 0.1) is 26.2 Å². The number of methoxy groups -OCH3 is 1. The van der Waals surface area contributed by atoms with Gasteiger partial charge in [0, 0.05) is 29.5 Å². The number of halogens is 1. The summed E-state index contributed by atoms with van der Waals surface area (Å²) < 4.78 is 12.7. The maximum absolute atomic E-state index is 11.8. The number of anilines is 2. The highest BCUT2D eigenvalue weighted by Crippen LogP contribution is 2.27. The second-order valence-corrected chi connectivity index (χ2v) is 7.15. The minimum absolute atomic E-state index is 0.0761. The van der Waals surface area contributed by atoms with Gasteiger partial charge in [-0.3, -0.25) is 14.3 Å². The predicted octanol–water partition coefficient (Wildman–Crippen LogP) is 2.69. The molecule has 1 aromatic carbocycles. The summed E-state index contributed by atoms with van der Waals surface area (Å²) in [4.78, 5) is 23.4. The standard InChI is InChI=1S/C18H21BrN4O4.CHN/c1-26-16(24)8-11-7-12(4-5-15(11)19)21-18-14(17(20)25)9-23(22-18)13-3-2-6-27-10-13;1-2/h4-5,7,9,13H,2-3,6,8,10H2,1H3,(H2,20,25)(H,21,22);1H. The minimum Gasteiger partial charge on any atom is -0.469 e. The Balaban J connectivity index is 0.00000145. The molecule has 1 aliphatic rings. The van der Waals surface area contributed by atoms with Gasteiger partial charge in [0.15, 0.2) is 5.82 Å². The molecule has 1 amide bonds. The van der Waals surface area contributed by atoms with Crippen LogP contribution in [0.3, 0.4) is 0 Å². The first-order chi connectivity index (χ1) is 14.0. The molecular formula is C19H22BrN5O4. The number of aromatic nitrogens is 2. The molecule has 3 rings (SSSR count). The molecule has 9 nitrogen and oxygen atoms in total. The van der Waals surface area contributed by atoms with Gasteiger partial charge in [-0.1, -0.05) is 15.9 Å². The van der Waals surface area contributed by atoms with Gasteiger partial charge in [0.1, 0.15) is 5.56 Å². The van der Waals surface area contributed by atoms with Crippen LogP contribution in [-0.2, 0) is 20.7 Å². The lowest BCUT2D eigenvalue weighted by molar-refractivity contribution is -0.139. The Bertz CT molecular complexity index is 890. The first-order valence-electron chi connectivity index (χ1n) is 8.82. The number of carbonyl (C=O) groups excluding carboxylic acids is 2. The number of rotatable bonds is 6. The van der Waals surface area contributed by atoms with E-state index in [-0.39, 0.29) is 18.4 Å². The summed E-state index contributed by atoms with van der Waals surface area (Å²) in [5.41, 5.74) is 7.26. The smallest absolute Gasteiger partial charge is 0.310 e. The van der Waals surface area contributed by atoms with Gasteiger partial charge in [-0.15, -0.1) is 0 Å². The third-order valence-corrected chi connectivity index (χ3v) is 5.15. The Morgan fingerprint density at radius 3 is 2.86 bits per heavy atom. The number of hydrogen-bond donors (Lipinski definition) is 2. The minimum atomic E-state index is -0.563. The second-order valence-electron chi connectivity index (χ2n) is 6.29. The lowest BCUT2D eigenvalue weighted by atomic mass is 10.1. The van der Waals surface area contributed by atoms with Crippen LogP contribution in [0.25, 0.3) is 0 Å². The van der Waals surface area contributed by atoms with Crippen LogP contribution in [0.5, 0.6) is 0 Å². The zero-order valence-corrected chi connectivity index (χ0v) is 17.5. The maximum Gasteiger partial charge on any atom is 0.310 e. The van der Waals surface area contributed by atoms with Crippen LogP contribution in [0.15, 0.2) is 28.9 Å². The molecule has 0 aliphatic carbocycles. The molecule has 29 heavy (non-hydrogen) atoms. The van der Waals surface area contributed by atoms with E-state index in [1.807, 2.05) is 12.1 Å². The van der Waals surface area contributed by atoms with Crippen molar-refractivity contribution in [1.82, 2.24) is 9.78 Å². The number of nitriles is 1. The summed E-state index contributed by atoms with van der Waals surface area (Å²) in [6.45, 7) is 4.80. The highest BCUT2D eigenvalue weighted by molar-refractivity contribution is 9.10. The van der Waals surface area contributed by atoms with Crippen molar-refractivity contribution in [1.29, 1.82) is 5.26 Å². The average molecular weight is 464 g/mol. The Labute approximate surface area is 176 Å². The third-order valence-electron chi connectivity index (χ3n) is 4.38. The van der Waals surface area contributed by atoms with E-state index in [1.54, 1.807) is 16.9 Å². The number of benzene rings is 1. The van der Waals surface area contributed by atoms with Crippen molar-refractivity contribution in [3.8, 4) is 6.57 Å². The van der Waals surface area contributed by atoms with Crippen LogP contribution < -0.4 is 11.1 Å². The van der Waals surface area contributed by atoms with Crippen LogP contribution in [-0.4, -0.2) is 42.0 Å². The van der Waals surface area contributed by atoms with E-state index in [0.717, 1.165) is 29.5 Å². The lowest BCUT2D eigenvalue weighted by Crippen LogP contribution is -2.21. The summed E-state index contributed by atoms with van der Waals surface area (Å²) in [6, 6.07) is 5.51. The number of primary amides is 1. The van der Waals surface area contributed by atoms with Crippen LogP contribution in [0.4, 0.5) is 11.5 Å². The van der Waals surface area contributed by atoms with Crippen molar-refractivity contribution in [2.45, 2.75) is 25.3 Å². The fourth-order valence-electron chi connectivity index (χ4n) is 2.94. The molecule has 1 unspecified atom stereocenters. The van der Waals surface area contributed by atoms with Gasteiger partial charge in [0.25, 0.3) is 5.91 Å². The molecule has 0 saturated carbocycles. The molecule has 0 spiro atoms. The fraction of sp³-hybridized carbons (Fsp3) is 0.368. The largest absolute Gasteiger partial charge is 0.469 e. The van der Waals surface area contributed by atoms with E-state index in [4.69, 9.17) is 20.5 Å². The van der Waals surface area contributed by atoms with Crippen molar-refractivity contribution >= 4 is 39.3 Å². The van der Waals surface area contributed by atoms with Crippen molar-refractivity contribution < 1.29 is 19.1 Å². The van der Waals surface area contributed by atoms with E-state index < -0.39 is 5.91 Å². The lowest BCUT2D eigenvalue weighted by Gasteiger charge is -2.22. The zero-order chi connectivity index (χ0) is 21.4. The molecular weight excluding hydrogens is 442 g/mol. The van der Waals surface area contributed by atoms with Gasteiger partial charge in [0.2, 0.25) is 0 Å². The molecule has 154 valence electrons. The maximum atomic E-state index is 11.8.